The maximum absolute atomic E-state index is 5.26. The van der Waals surface area contributed by atoms with Crippen LogP contribution in [0.1, 0.15) is 0 Å². The van der Waals surface area contributed by atoms with Gasteiger partial charge < -0.3 is 12.2 Å². The minimum Gasteiger partial charge on any atom is -0.519 e. The highest BCUT2D eigenvalue weighted by Crippen LogP contribution is 2.53. The summed E-state index contributed by atoms with van der Waals surface area (Å²) in [5.74, 6) is 0. The largest absolute Gasteiger partial charge is 0.519 e. The molecule has 0 amide bonds. The van der Waals surface area contributed by atoms with Gasteiger partial charge in [0, 0.05) is 26.9 Å². The Morgan fingerprint density at radius 2 is 2.38 bits per heavy atom. The molecule has 0 aromatic rings. The number of nitrogens with zero attached hydrogens (tertiary/aromatic N) is 1. The van der Waals surface area contributed by atoms with Crippen molar-refractivity contribution >= 4 is 19.0 Å². The summed E-state index contributed by atoms with van der Waals surface area (Å²) in [6.45, 7) is 3.10. The Morgan fingerprint density at radius 3 is 2.50 bits per heavy atom. The van der Waals surface area contributed by atoms with Crippen molar-refractivity contribution in [2.45, 2.75) is 0 Å². The van der Waals surface area contributed by atoms with Gasteiger partial charge in [-0.1, -0.05) is 0 Å². The van der Waals surface area contributed by atoms with Crippen LogP contribution in [0.2, 0.25) is 0 Å². The zero-order chi connectivity index (χ0) is 6.20. The van der Waals surface area contributed by atoms with Gasteiger partial charge >= 0.3 is 0 Å². The van der Waals surface area contributed by atoms with Gasteiger partial charge in [-0.25, -0.2) is 0 Å². The maximum atomic E-state index is 5.26. The second kappa shape index (κ2) is 2.14. The number of nitrogens with one attached hydrogen (secondary N) is 1. The molecular formula is C4H11N2PS. The van der Waals surface area contributed by atoms with Crippen LogP contribution in [0.3, 0.4) is 0 Å². The fourth-order valence-corrected chi connectivity index (χ4v) is 2.49. The molecule has 48 valence electrons. The Hall–Kier alpha value is 0.700. The number of rotatable bonds is 0. The molecule has 0 aromatic carbocycles. The summed E-state index contributed by atoms with van der Waals surface area (Å²) in [6.07, 6.45) is 0. The van der Waals surface area contributed by atoms with E-state index >= 15 is 0 Å². The molecule has 1 aliphatic rings. The molecule has 0 bridgehead atoms. The summed E-state index contributed by atoms with van der Waals surface area (Å²) >= 11 is 5.26. The number of hydrogen-bond donors (Lipinski definition) is 1. The van der Waals surface area contributed by atoms with E-state index in [-0.39, 0.29) is 0 Å². The van der Waals surface area contributed by atoms with Gasteiger partial charge in [0.2, 0.25) is 0 Å². The van der Waals surface area contributed by atoms with Gasteiger partial charge in [0.05, 0.1) is 6.66 Å². The zero-order valence-electron chi connectivity index (χ0n) is 5.22. The van der Waals surface area contributed by atoms with Crippen molar-refractivity contribution in [1.82, 2.24) is 9.76 Å². The summed E-state index contributed by atoms with van der Waals surface area (Å²) in [7, 11) is 2.08. The van der Waals surface area contributed by atoms with Crippen LogP contribution >= 0.6 is 6.77 Å². The van der Waals surface area contributed by atoms with Crippen LogP contribution in [-0.2, 0) is 12.2 Å². The van der Waals surface area contributed by atoms with Crippen molar-refractivity contribution in [3.63, 3.8) is 0 Å². The third-order valence-electron chi connectivity index (χ3n) is 1.49. The molecule has 1 unspecified atom stereocenters. The molecule has 1 rings (SSSR count). The van der Waals surface area contributed by atoms with Crippen molar-refractivity contribution in [2.75, 3.05) is 26.8 Å². The van der Waals surface area contributed by atoms with Crippen LogP contribution in [0.5, 0.6) is 0 Å². The second-order valence-corrected chi connectivity index (χ2v) is 7.06. The summed E-state index contributed by atoms with van der Waals surface area (Å²) in [6, 6.07) is 0. The minimum atomic E-state index is -1.22. The summed E-state index contributed by atoms with van der Waals surface area (Å²) in [5, 5.41) is 3.30. The van der Waals surface area contributed by atoms with Gasteiger partial charge in [-0.2, -0.15) is 9.76 Å². The van der Waals surface area contributed by atoms with Crippen molar-refractivity contribution in [3.05, 3.63) is 0 Å². The van der Waals surface area contributed by atoms with Crippen molar-refractivity contribution in [2.24, 2.45) is 0 Å². The van der Waals surface area contributed by atoms with E-state index in [4.69, 9.17) is 12.2 Å². The molecule has 1 N–H and O–H groups in total. The topological polar surface area (TPSA) is 15.3 Å². The molecule has 1 saturated heterocycles. The number of hydrogen-bond acceptors (Lipinski definition) is 3. The molecular weight excluding hydrogens is 139 g/mol. The molecule has 1 atom stereocenters. The highest BCUT2D eigenvalue weighted by atomic mass is 32.7. The Morgan fingerprint density at radius 1 is 1.75 bits per heavy atom. The smallest absolute Gasteiger partial charge is 0.0610 e. The lowest BCUT2D eigenvalue weighted by molar-refractivity contribution is 0.598. The molecule has 4 heteroatoms. The predicted molar refractivity (Wildman–Crippen MR) is 40.8 cm³/mol. The van der Waals surface area contributed by atoms with E-state index in [0.717, 1.165) is 13.1 Å². The van der Waals surface area contributed by atoms with Gasteiger partial charge in [0.1, 0.15) is 0 Å². The molecule has 1 aliphatic heterocycles. The van der Waals surface area contributed by atoms with Crippen LogP contribution in [0.15, 0.2) is 0 Å². The lowest BCUT2D eigenvalue weighted by atomic mass is 10.7. The van der Waals surface area contributed by atoms with Crippen LogP contribution in [0, 0.1) is 0 Å². The van der Waals surface area contributed by atoms with Crippen LogP contribution in [0.25, 0.3) is 0 Å². The Kier molecular flexibility index (Phi) is 1.83. The molecule has 0 aliphatic carbocycles. The quantitative estimate of drug-likeness (QED) is 0.399. The van der Waals surface area contributed by atoms with E-state index in [9.17, 15) is 0 Å². The van der Waals surface area contributed by atoms with Gasteiger partial charge in [0.15, 0.2) is 0 Å². The number of likely N-dealkylation sites (N-methyl/N-ethyl adjacent to an activating group) is 1. The monoisotopic (exact) mass is 150 g/mol. The van der Waals surface area contributed by atoms with E-state index in [1.165, 1.54) is 0 Å². The van der Waals surface area contributed by atoms with Gasteiger partial charge in [0.25, 0.3) is 0 Å². The molecule has 1 fully saturated rings. The third-order valence-corrected chi connectivity index (χ3v) is 5.03. The Balaban J connectivity index is 2.54. The average Bonchev–Trinajstić information content (AvgIpc) is 1.86. The van der Waals surface area contributed by atoms with Gasteiger partial charge in [-0.15, -0.1) is 0 Å². The molecule has 8 heavy (non-hydrogen) atoms. The highest BCUT2D eigenvalue weighted by Gasteiger charge is 2.27. The lowest BCUT2D eigenvalue weighted by Gasteiger charge is -2.28. The van der Waals surface area contributed by atoms with E-state index in [2.05, 4.69) is 23.5 Å². The van der Waals surface area contributed by atoms with Crippen molar-refractivity contribution in [3.8, 4) is 0 Å². The molecule has 0 saturated carbocycles. The van der Waals surface area contributed by atoms with Crippen LogP contribution in [0.4, 0.5) is 0 Å². The van der Waals surface area contributed by atoms with E-state index in [0.29, 0.717) is 0 Å². The van der Waals surface area contributed by atoms with Gasteiger partial charge in [-0.05, 0) is 0 Å². The lowest BCUT2D eigenvalue weighted by Crippen LogP contribution is -2.13. The van der Waals surface area contributed by atoms with Crippen molar-refractivity contribution in [1.29, 1.82) is 0 Å². The SMILES string of the molecule is CN1CCN[P+]1(C)[S-]. The first kappa shape index (κ1) is 6.81. The second-order valence-electron chi connectivity index (χ2n) is 2.17. The van der Waals surface area contributed by atoms with Crippen molar-refractivity contribution < 1.29 is 0 Å². The minimum absolute atomic E-state index is 1.07. The van der Waals surface area contributed by atoms with E-state index < -0.39 is 6.77 Å². The molecule has 0 radical (unpaired) electrons. The fourth-order valence-electron chi connectivity index (χ4n) is 0.731. The van der Waals surface area contributed by atoms with E-state index in [1.54, 1.807) is 0 Å². The summed E-state index contributed by atoms with van der Waals surface area (Å²) in [4.78, 5) is 0. The van der Waals surface area contributed by atoms with E-state index in [1.807, 2.05) is 0 Å². The van der Waals surface area contributed by atoms with Gasteiger partial charge in [-0.3, -0.25) is 0 Å². The molecule has 0 aromatic heterocycles. The molecule has 1 heterocycles. The third kappa shape index (κ3) is 1.16. The first-order valence-corrected chi connectivity index (χ1v) is 5.87. The normalized spacial score (nSPS) is 40.9. The molecule has 0 spiro atoms. The average molecular weight is 150 g/mol. The summed E-state index contributed by atoms with van der Waals surface area (Å²) < 4.78 is 2.24. The highest BCUT2D eigenvalue weighted by molar-refractivity contribution is 8.40. The first-order chi connectivity index (χ1) is 3.63. The zero-order valence-corrected chi connectivity index (χ0v) is 6.93. The van der Waals surface area contributed by atoms with Crippen LogP contribution < -0.4 is 5.09 Å². The summed E-state index contributed by atoms with van der Waals surface area (Å²) in [5.41, 5.74) is 0. The first-order valence-electron chi connectivity index (χ1n) is 2.67. The van der Waals surface area contributed by atoms with Crippen LogP contribution in [-0.4, -0.2) is 31.5 Å². The predicted octanol–water partition coefficient (Wildman–Crippen LogP) is 0.461. The standard InChI is InChI=1S/C4H11N2PS/c1-6-4-3-5-7(6,2)8/h3-4H2,1-2H3,(H,5,8). The molecule has 2 nitrogen and oxygen atoms in total. The maximum Gasteiger partial charge on any atom is 0.0610 e. The Bertz CT molecular complexity index is 96.0. The Labute approximate surface area is 56.2 Å². The fraction of sp³-hybridized carbons (Fsp3) is 1.00.